The molecule has 1 heterocycles. The molecule has 0 atom stereocenters. The molecule has 1 saturated carbocycles. The molecule has 0 spiro atoms. The van der Waals surface area contributed by atoms with Crippen molar-refractivity contribution in [1.29, 1.82) is 0 Å². The van der Waals surface area contributed by atoms with Crippen molar-refractivity contribution in [1.82, 2.24) is 4.98 Å². The number of nitrogens with zero attached hydrogens (tertiary/aromatic N) is 1. The van der Waals surface area contributed by atoms with Crippen LogP contribution in [0.2, 0.25) is 0 Å². The highest BCUT2D eigenvalue weighted by atomic mass is 32.2. The van der Waals surface area contributed by atoms with E-state index in [1.807, 2.05) is 11.8 Å². The Bertz CT molecular complexity index is 469. The summed E-state index contributed by atoms with van der Waals surface area (Å²) < 4.78 is 5.01. The molecule has 0 aliphatic heterocycles. The van der Waals surface area contributed by atoms with Crippen LogP contribution < -0.4 is 11.1 Å². The summed E-state index contributed by atoms with van der Waals surface area (Å²) in [6.07, 6.45) is 7.35. The number of aromatic nitrogens is 1. The summed E-state index contributed by atoms with van der Waals surface area (Å²) in [4.78, 5) is 15.7. The second-order valence-electron chi connectivity index (χ2n) is 4.74. The van der Waals surface area contributed by atoms with Crippen LogP contribution in [0.4, 0.5) is 11.5 Å². The number of hydrogen-bond donors (Lipinski definition) is 2. The van der Waals surface area contributed by atoms with Gasteiger partial charge in [-0.15, -0.1) is 0 Å². The standard InChI is InChI=1S/C13H19N3O2S/c1-18-12(17)9-6-11(15-7-10(9)14)16-8-13(19-2)4-3-5-13/h6-7H,3-5,8,14H2,1-2H3,(H,15,16). The molecular formula is C13H19N3O2S. The number of thioether (sulfide) groups is 1. The first-order valence-corrected chi connectivity index (χ1v) is 7.45. The maximum Gasteiger partial charge on any atom is 0.340 e. The number of esters is 1. The van der Waals surface area contributed by atoms with E-state index in [1.54, 1.807) is 6.07 Å². The zero-order valence-electron chi connectivity index (χ0n) is 11.2. The SMILES string of the molecule is COC(=O)c1cc(NCC2(SC)CCC2)ncc1N. The van der Waals surface area contributed by atoms with Gasteiger partial charge >= 0.3 is 5.97 Å². The van der Waals surface area contributed by atoms with Gasteiger partial charge in [0.05, 0.1) is 24.6 Å². The zero-order valence-corrected chi connectivity index (χ0v) is 12.0. The van der Waals surface area contributed by atoms with Gasteiger partial charge in [-0.1, -0.05) is 6.42 Å². The number of ether oxygens (including phenoxy) is 1. The molecule has 5 nitrogen and oxygen atoms in total. The van der Waals surface area contributed by atoms with Crippen molar-refractivity contribution in [3.63, 3.8) is 0 Å². The Kier molecular flexibility index (Phi) is 4.19. The van der Waals surface area contributed by atoms with Gasteiger partial charge in [-0.3, -0.25) is 0 Å². The van der Waals surface area contributed by atoms with Gasteiger partial charge in [0, 0.05) is 11.3 Å². The summed E-state index contributed by atoms with van der Waals surface area (Å²) in [5.41, 5.74) is 6.40. The second-order valence-corrected chi connectivity index (χ2v) is 6.02. The molecule has 1 aliphatic rings. The highest BCUT2D eigenvalue weighted by Gasteiger charge is 2.35. The number of anilines is 2. The van der Waals surface area contributed by atoms with Crippen molar-refractivity contribution in [2.24, 2.45) is 0 Å². The fraction of sp³-hybridized carbons (Fsp3) is 0.538. The van der Waals surface area contributed by atoms with E-state index in [4.69, 9.17) is 10.5 Å². The highest BCUT2D eigenvalue weighted by molar-refractivity contribution is 8.00. The van der Waals surface area contributed by atoms with Crippen molar-refractivity contribution in [2.75, 3.05) is 31.0 Å². The van der Waals surface area contributed by atoms with Gasteiger partial charge in [-0.25, -0.2) is 9.78 Å². The number of carbonyl (C=O) groups excluding carboxylic acids is 1. The highest BCUT2D eigenvalue weighted by Crippen LogP contribution is 2.42. The summed E-state index contributed by atoms with van der Waals surface area (Å²) in [6, 6.07) is 1.65. The Morgan fingerprint density at radius 3 is 2.89 bits per heavy atom. The number of methoxy groups -OCH3 is 1. The Hall–Kier alpha value is -1.43. The van der Waals surface area contributed by atoms with Gasteiger partial charge in [-0.05, 0) is 25.2 Å². The number of rotatable bonds is 5. The van der Waals surface area contributed by atoms with Crippen LogP contribution in [-0.2, 0) is 4.74 Å². The number of nitrogens with one attached hydrogen (secondary N) is 1. The van der Waals surface area contributed by atoms with Gasteiger partial charge < -0.3 is 15.8 Å². The normalized spacial score (nSPS) is 16.5. The minimum Gasteiger partial charge on any atom is -0.465 e. The second kappa shape index (κ2) is 5.69. The molecular weight excluding hydrogens is 262 g/mol. The van der Waals surface area contributed by atoms with Crippen molar-refractivity contribution in [3.8, 4) is 0 Å². The summed E-state index contributed by atoms with van der Waals surface area (Å²) in [6.45, 7) is 0.853. The number of pyridine rings is 1. The summed E-state index contributed by atoms with van der Waals surface area (Å²) in [7, 11) is 1.34. The fourth-order valence-corrected chi connectivity index (χ4v) is 3.04. The molecule has 2 rings (SSSR count). The molecule has 6 heteroatoms. The largest absolute Gasteiger partial charge is 0.465 e. The van der Waals surface area contributed by atoms with Crippen molar-refractivity contribution >= 4 is 29.2 Å². The molecule has 1 fully saturated rings. The minimum absolute atomic E-state index is 0.314. The zero-order chi connectivity index (χ0) is 13.9. The molecule has 1 aromatic rings. The maximum absolute atomic E-state index is 11.5. The average Bonchev–Trinajstić information content (AvgIpc) is 2.39. The quantitative estimate of drug-likeness (QED) is 0.805. The van der Waals surface area contributed by atoms with E-state index >= 15 is 0 Å². The van der Waals surface area contributed by atoms with E-state index in [2.05, 4.69) is 16.6 Å². The van der Waals surface area contributed by atoms with E-state index in [0.29, 0.717) is 21.8 Å². The number of nitrogen functional groups attached to an aromatic ring is 1. The van der Waals surface area contributed by atoms with Gasteiger partial charge in [0.1, 0.15) is 5.82 Å². The van der Waals surface area contributed by atoms with Crippen LogP contribution in [-0.4, -0.2) is 35.6 Å². The smallest absolute Gasteiger partial charge is 0.340 e. The van der Waals surface area contributed by atoms with Gasteiger partial charge in [0.15, 0.2) is 0 Å². The lowest BCUT2D eigenvalue weighted by atomic mass is 9.84. The lowest BCUT2D eigenvalue weighted by Gasteiger charge is -2.40. The lowest BCUT2D eigenvalue weighted by molar-refractivity contribution is 0.0602. The lowest BCUT2D eigenvalue weighted by Crippen LogP contribution is -2.40. The van der Waals surface area contributed by atoms with Crippen molar-refractivity contribution in [2.45, 2.75) is 24.0 Å². The summed E-state index contributed by atoms with van der Waals surface area (Å²) in [5, 5.41) is 3.29. The van der Waals surface area contributed by atoms with Gasteiger partial charge in [0.25, 0.3) is 0 Å². The third kappa shape index (κ3) is 2.94. The van der Waals surface area contributed by atoms with Crippen LogP contribution in [0.3, 0.4) is 0 Å². The molecule has 0 radical (unpaired) electrons. The molecule has 0 aromatic carbocycles. The van der Waals surface area contributed by atoms with E-state index in [9.17, 15) is 4.79 Å². The Morgan fingerprint density at radius 1 is 1.63 bits per heavy atom. The Labute approximate surface area is 117 Å². The molecule has 0 unspecified atom stereocenters. The van der Waals surface area contributed by atoms with Crippen LogP contribution in [0.25, 0.3) is 0 Å². The number of nitrogens with two attached hydrogens (primary N) is 1. The topological polar surface area (TPSA) is 77.2 Å². The summed E-state index contributed by atoms with van der Waals surface area (Å²) in [5.74, 6) is 0.223. The van der Waals surface area contributed by atoms with Crippen LogP contribution in [0.5, 0.6) is 0 Å². The number of carbonyl (C=O) groups is 1. The first-order chi connectivity index (χ1) is 9.10. The monoisotopic (exact) mass is 281 g/mol. The first kappa shape index (κ1) is 14.0. The molecule has 3 N–H and O–H groups in total. The molecule has 19 heavy (non-hydrogen) atoms. The van der Waals surface area contributed by atoms with Crippen molar-refractivity contribution < 1.29 is 9.53 Å². The van der Waals surface area contributed by atoms with E-state index in [0.717, 1.165) is 6.54 Å². The average molecular weight is 281 g/mol. The molecule has 1 aliphatic carbocycles. The molecule has 104 valence electrons. The van der Waals surface area contributed by atoms with Crippen LogP contribution >= 0.6 is 11.8 Å². The predicted octanol–water partition coefficient (Wildman–Crippen LogP) is 2.15. The van der Waals surface area contributed by atoms with E-state index in [-0.39, 0.29) is 0 Å². The fourth-order valence-electron chi connectivity index (χ4n) is 2.13. The molecule has 0 saturated heterocycles. The molecule has 0 bridgehead atoms. The van der Waals surface area contributed by atoms with Gasteiger partial charge in [0.2, 0.25) is 0 Å². The minimum atomic E-state index is -0.439. The van der Waals surface area contributed by atoms with E-state index < -0.39 is 5.97 Å². The van der Waals surface area contributed by atoms with Crippen LogP contribution in [0.1, 0.15) is 29.6 Å². The van der Waals surface area contributed by atoms with Crippen molar-refractivity contribution in [3.05, 3.63) is 17.8 Å². The predicted molar refractivity (Wildman–Crippen MR) is 78.6 cm³/mol. The third-order valence-corrected chi connectivity index (χ3v) is 5.05. The van der Waals surface area contributed by atoms with Crippen LogP contribution in [0, 0.1) is 0 Å². The van der Waals surface area contributed by atoms with Gasteiger partial charge in [-0.2, -0.15) is 11.8 Å². The number of hydrogen-bond acceptors (Lipinski definition) is 6. The molecule has 1 aromatic heterocycles. The third-order valence-electron chi connectivity index (χ3n) is 3.63. The Morgan fingerprint density at radius 2 is 2.37 bits per heavy atom. The Balaban J connectivity index is 2.06. The first-order valence-electron chi connectivity index (χ1n) is 6.23. The van der Waals surface area contributed by atoms with Crippen LogP contribution in [0.15, 0.2) is 12.3 Å². The molecule has 0 amide bonds. The summed E-state index contributed by atoms with van der Waals surface area (Å²) >= 11 is 1.89. The maximum atomic E-state index is 11.5. The van der Waals surface area contributed by atoms with E-state index in [1.165, 1.54) is 32.6 Å².